The zero-order chi connectivity index (χ0) is 47.7. The highest BCUT2D eigenvalue weighted by atomic mass is 32.2. The average Bonchev–Trinajstić information content (AvgIpc) is 4.00. The van der Waals surface area contributed by atoms with E-state index >= 15 is 0 Å². The molecule has 362 valence electrons. The molecular weight excluding hydrogens is 881 g/mol. The number of nitro benzene ring substituents is 1. The average molecular weight is 947 g/mol. The van der Waals surface area contributed by atoms with Crippen LogP contribution in [0.5, 0.6) is 5.88 Å². The molecule has 0 unspecified atom stereocenters. The number of ether oxygens (including phenoxy) is 1. The number of nitro groups is 1. The number of hydrogen-bond donors (Lipinski definition) is 4. The van der Waals surface area contributed by atoms with Crippen LogP contribution in [-0.4, -0.2) is 90.7 Å². The van der Waals surface area contributed by atoms with Crippen LogP contribution in [0.3, 0.4) is 0 Å². The number of carbonyl (C=O) groups is 1. The Balaban J connectivity index is 0.956. The standard InChI is InChI=1S/C52H66N8O7S/c1-5-6-10-36(19-26-61)32-54-44-17-15-40(29-47(44)60(63)64)68(65,66)56-50(62)43-16-14-38(28-46(43)59-33-35(4)67-51-48(59)27-37-18-22-53-49(37)55-51)57-24-20-52(21-25-57)30-39(31-52)58-23-9-13-45(58)42-12-8-7-11-41(42)34(2)3/h7-8,11-12,14-18,22,27-29,34-36,39,45,54,61H,5-6,9-10,13,19-21,23-26,30-33H2,1-4H3,(H,53,55)(H,56,62)/t35-,36-,45+/m1/s1. The maximum absolute atomic E-state index is 14.4. The number of anilines is 4. The third-order valence-electron chi connectivity index (χ3n) is 15.1. The predicted octanol–water partition coefficient (Wildman–Crippen LogP) is 9.82. The smallest absolute Gasteiger partial charge is 0.293 e. The van der Waals surface area contributed by atoms with Gasteiger partial charge in [-0.3, -0.25) is 19.8 Å². The molecule has 15 nitrogen and oxygen atoms in total. The van der Waals surface area contributed by atoms with Crippen molar-refractivity contribution in [3.8, 4) is 5.88 Å². The lowest BCUT2D eigenvalue weighted by Gasteiger charge is -2.56. The van der Waals surface area contributed by atoms with Gasteiger partial charge >= 0.3 is 0 Å². The minimum absolute atomic E-state index is 0.00153. The first kappa shape index (κ1) is 47.4. The van der Waals surface area contributed by atoms with Crippen LogP contribution in [0.4, 0.5) is 28.4 Å². The van der Waals surface area contributed by atoms with Crippen molar-refractivity contribution < 1.29 is 28.0 Å². The Morgan fingerprint density at radius 1 is 1.03 bits per heavy atom. The number of unbranched alkanes of at least 4 members (excludes halogenated alkanes) is 1. The van der Waals surface area contributed by atoms with Crippen molar-refractivity contribution in [2.24, 2.45) is 11.3 Å². The summed E-state index contributed by atoms with van der Waals surface area (Å²) in [4.78, 5) is 40.7. The largest absolute Gasteiger partial charge is 0.471 e. The molecular formula is C52H66N8O7S. The number of nitrogens with zero attached hydrogens (tertiary/aromatic N) is 5. The number of aliphatic hydroxyl groups is 1. The first-order valence-electron chi connectivity index (χ1n) is 24.6. The fourth-order valence-corrected chi connectivity index (χ4v) is 12.4. The second-order valence-electron chi connectivity index (χ2n) is 20.0. The summed E-state index contributed by atoms with van der Waals surface area (Å²) in [5, 5.41) is 25.8. The molecule has 3 aliphatic heterocycles. The van der Waals surface area contributed by atoms with Crippen LogP contribution in [0.2, 0.25) is 0 Å². The Hall–Kier alpha value is -5.71. The van der Waals surface area contributed by atoms with E-state index in [-0.39, 0.29) is 29.9 Å². The molecule has 2 saturated heterocycles. The van der Waals surface area contributed by atoms with Gasteiger partial charge < -0.3 is 29.9 Å². The fourth-order valence-electron chi connectivity index (χ4n) is 11.4. The van der Waals surface area contributed by atoms with E-state index in [0.717, 1.165) is 68.9 Å². The highest BCUT2D eigenvalue weighted by molar-refractivity contribution is 7.90. The predicted molar refractivity (Wildman–Crippen MR) is 267 cm³/mol. The quantitative estimate of drug-likeness (QED) is 0.0512. The van der Waals surface area contributed by atoms with E-state index in [4.69, 9.17) is 9.72 Å². The van der Waals surface area contributed by atoms with E-state index < -0.39 is 31.4 Å². The zero-order valence-corrected chi connectivity index (χ0v) is 40.6. The normalized spacial score (nSPS) is 20.0. The van der Waals surface area contributed by atoms with Crippen LogP contribution in [-0.2, 0) is 10.0 Å². The van der Waals surface area contributed by atoms with E-state index in [9.17, 15) is 28.4 Å². The number of aromatic nitrogens is 2. The maximum Gasteiger partial charge on any atom is 0.293 e. The topological polar surface area (TPSA) is 186 Å². The number of pyridine rings is 1. The van der Waals surface area contributed by atoms with Crippen molar-refractivity contribution in [2.75, 3.05) is 54.4 Å². The molecule has 3 fully saturated rings. The Kier molecular flexibility index (Phi) is 13.7. The van der Waals surface area contributed by atoms with Gasteiger partial charge in [-0.05, 0) is 136 Å². The number of amides is 1. The van der Waals surface area contributed by atoms with Gasteiger partial charge in [0.15, 0.2) is 0 Å². The molecule has 5 aromatic rings. The molecule has 2 aromatic heterocycles. The molecule has 1 amide bonds. The Morgan fingerprint density at radius 3 is 2.57 bits per heavy atom. The SMILES string of the molecule is CCCC[C@H](CCO)CNc1ccc(S(=O)(=O)NC(=O)c2ccc(N3CCC4(CC3)CC(N3CCC[C@H]3c3ccccc3C(C)C)C4)cc2N2C[C@@H](C)Oc3nc4[nH]ccc4cc32)cc1[N+](=O)[O-]. The van der Waals surface area contributed by atoms with Crippen LogP contribution < -0.4 is 24.6 Å². The lowest BCUT2D eigenvalue weighted by molar-refractivity contribution is -0.384. The number of carbonyl (C=O) groups excluding carboxylic acids is 1. The van der Waals surface area contributed by atoms with Gasteiger partial charge in [0.25, 0.3) is 21.6 Å². The molecule has 1 spiro atoms. The molecule has 1 saturated carbocycles. The minimum atomic E-state index is -4.59. The summed E-state index contributed by atoms with van der Waals surface area (Å²) in [5.41, 5.74) is 5.85. The number of likely N-dealkylation sites (tertiary alicyclic amines) is 1. The number of benzene rings is 3. The van der Waals surface area contributed by atoms with Crippen LogP contribution in [0.25, 0.3) is 11.0 Å². The highest BCUT2D eigenvalue weighted by Gasteiger charge is 2.50. The number of rotatable bonds is 17. The van der Waals surface area contributed by atoms with Crippen LogP contribution in [0.1, 0.15) is 125 Å². The number of aromatic amines is 1. The molecule has 3 aromatic carbocycles. The second-order valence-corrected chi connectivity index (χ2v) is 21.7. The Labute approximate surface area is 399 Å². The van der Waals surface area contributed by atoms with Gasteiger partial charge in [-0.1, -0.05) is 57.9 Å². The van der Waals surface area contributed by atoms with Gasteiger partial charge in [0.05, 0.1) is 27.6 Å². The first-order valence-corrected chi connectivity index (χ1v) is 26.1. The molecule has 5 heterocycles. The maximum atomic E-state index is 14.4. The summed E-state index contributed by atoms with van der Waals surface area (Å²) in [6.45, 7) is 12.2. The van der Waals surface area contributed by atoms with Crippen LogP contribution >= 0.6 is 0 Å². The second kappa shape index (κ2) is 19.7. The van der Waals surface area contributed by atoms with E-state index in [0.29, 0.717) is 65.8 Å². The number of aliphatic hydroxyl groups excluding tert-OH is 1. The summed E-state index contributed by atoms with van der Waals surface area (Å²) >= 11 is 0. The number of sulfonamides is 1. The van der Waals surface area contributed by atoms with Crippen molar-refractivity contribution in [3.63, 3.8) is 0 Å². The van der Waals surface area contributed by atoms with Crippen molar-refractivity contribution in [1.82, 2.24) is 19.6 Å². The summed E-state index contributed by atoms with van der Waals surface area (Å²) < 4.78 is 36.5. The molecule has 1 aliphatic carbocycles. The van der Waals surface area contributed by atoms with E-state index in [1.54, 1.807) is 12.3 Å². The van der Waals surface area contributed by atoms with Gasteiger partial charge in [0, 0.05) is 61.7 Å². The molecule has 68 heavy (non-hydrogen) atoms. The van der Waals surface area contributed by atoms with Crippen molar-refractivity contribution >= 4 is 55.4 Å². The van der Waals surface area contributed by atoms with Crippen molar-refractivity contribution in [2.45, 2.75) is 121 Å². The summed E-state index contributed by atoms with van der Waals surface area (Å²) in [5.74, 6) is 0.100. The monoisotopic (exact) mass is 946 g/mol. The summed E-state index contributed by atoms with van der Waals surface area (Å²) in [6, 6.07) is 23.1. The first-order chi connectivity index (χ1) is 32.8. The number of hydrogen-bond acceptors (Lipinski definition) is 12. The molecule has 16 heteroatoms. The molecule has 9 rings (SSSR count). The van der Waals surface area contributed by atoms with Gasteiger partial charge in [0.1, 0.15) is 23.1 Å². The molecule has 0 bridgehead atoms. The van der Waals surface area contributed by atoms with Gasteiger partial charge in [-0.2, -0.15) is 4.98 Å². The number of H-pyrrole nitrogens is 1. The third kappa shape index (κ3) is 9.64. The summed E-state index contributed by atoms with van der Waals surface area (Å²) in [7, 11) is -4.59. The van der Waals surface area contributed by atoms with Gasteiger partial charge in [0.2, 0.25) is 5.88 Å². The minimum Gasteiger partial charge on any atom is -0.471 e. The van der Waals surface area contributed by atoms with E-state index in [2.05, 4.69) is 69.9 Å². The van der Waals surface area contributed by atoms with Crippen LogP contribution in [0.15, 0.2) is 83.9 Å². The van der Waals surface area contributed by atoms with Gasteiger partial charge in [-0.25, -0.2) is 13.1 Å². The molecule has 3 atom stereocenters. The molecule has 0 radical (unpaired) electrons. The van der Waals surface area contributed by atoms with Crippen LogP contribution in [0, 0.1) is 21.4 Å². The third-order valence-corrected chi connectivity index (χ3v) is 16.4. The number of nitrogens with one attached hydrogen (secondary N) is 3. The Morgan fingerprint density at radius 2 is 1.82 bits per heavy atom. The van der Waals surface area contributed by atoms with Crippen molar-refractivity contribution in [3.05, 3.63) is 106 Å². The lowest BCUT2D eigenvalue weighted by atomic mass is 9.59. The zero-order valence-electron chi connectivity index (χ0n) is 39.7. The van der Waals surface area contributed by atoms with E-state index in [1.807, 2.05) is 36.1 Å². The lowest BCUT2D eigenvalue weighted by Crippen LogP contribution is -2.55. The number of piperidine rings is 1. The van der Waals surface area contributed by atoms with Gasteiger partial charge in [-0.15, -0.1) is 0 Å². The molecule has 4 aliphatic rings. The summed E-state index contributed by atoms with van der Waals surface area (Å²) in [6.07, 6.45) is 11.8. The molecule has 4 N–H and O–H groups in total. The van der Waals surface area contributed by atoms with E-state index in [1.165, 1.54) is 48.9 Å². The fraction of sp³-hybridized carbons (Fsp3) is 0.500. The highest BCUT2D eigenvalue weighted by Crippen LogP contribution is 2.54. The number of fused-ring (bicyclic) bond motifs is 2. The van der Waals surface area contributed by atoms with Crippen molar-refractivity contribution in [1.29, 1.82) is 0 Å². The Bertz CT molecular complexity index is 2740.